The number of hydrogen-bond donors (Lipinski definition) is 0. The van der Waals surface area contributed by atoms with Crippen molar-refractivity contribution in [1.29, 1.82) is 0 Å². The third kappa shape index (κ3) is 4.43. The van der Waals surface area contributed by atoms with Gasteiger partial charge < -0.3 is 0 Å². The summed E-state index contributed by atoms with van der Waals surface area (Å²) in [5.74, 6) is 0.208. The molecular formula is C18H27FO. The Morgan fingerprint density at radius 1 is 1.15 bits per heavy atom. The van der Waals surface area contributed by atoms with Crippen LogP contribution < -0.4 is 0 Å². The number of halogens is 1. The van der Waals surface area contributed by atoms with Crippen molar-refractivity contribution >= 4 is 5.78 Å². The largest absolute Gasteiger partial charge is 0.299 e. The second kappa shape index (κ2) is 6.51. The summed E-state index contributed by atoms with van der Waals surface area (Å²) in [4.78, 5) is 10.5. The van der Waals surface area contributed by atoms with Crippen molar-refractivity contribution in [3.8, 4) is 0 Å². The van der Waals surface area contributed by atoms with Gasteiger partial charge in [-0.3, -0.25) is 4.79 Å². The van der Waals surface area contributed by atoms with Gasteiger partial charge in [-0.1, -0.05) is 58.7 Å². The quantitative estimate of drug-likeness (QED) is 0.683. The highest BCUT2D eigenvalue weighted by Gasteiger charge is 2.32. The molecule has 112 valence electrons. The Kier molecular flexibility index (Phi) is 5.50. The molecule has 1 aromatic rings. The first-order valence-electron chi connectivity index (χ1n) is 7.43. The van der Waals surface area contributed by atoms with Crippen molar-refractivity contribution in [2.75, 3.05) is 0 Å². The topological polar surface area (TPSA) is 17.1 Å². The summed E-state index contributed by atoms with van der Waals surface area (Å²) in [6.45, 7) is 9.53. The van der Waals surface area contributed by atoms with Crippen LogP contribution in [0.25, 0.3) is 0 Å². The van der Waals surface area contributed by atoms with Crippen LogP contribution in [-0.2, 0) is 10.2 Å². The van der Waals surface area contributed by atoms with Crippen LogP contribution in [0, 0.1) is 11.2 Å². The first kappa shape index (κ1) is 16.9. The van der Waals surface area contributed by atoms with Crippen LogP contribution in [0.3, 0.4) is 0 Å². The van der Waals surface area contributed by atoms with E-state index in [0.717, 1.165) is 18.4 Å². The van der Waals surface area contributed by atoms with Crippen molar-refractivity contribution < 1.29 is 9.18 Å². The van der Waals surface area contributed by atoms with Gasteiger partial charge in [0.15, 0.2) is 0 Å². The monoisotopic (exact) mass is 278 g/mol. The molecule has 0 spiro atoms. The highest BCUT2D eigenvalue weighted by Crippen LogP contribution is 2.41. The molecule has 0 amide bonds. The number of ketones is 1. The first-order valence-corrected chi connectivity index (χ1v) is 7.43. The predicted octanol–water partition coefficient (Wildman–Crippen LogP) is 5.28. The van der Waals surface area contributed by atoms with Gasteiger partial charge in [-0.15, -0.1) is 0 Å². The first-order chi connectivity index (χ1) is 9.17. The summed E-state index contributed by atoms with van der Waals surface area (Å²) >= 11 is 0. The minimum Gasteiger partial charge on any atom is -0.299 e. The van der Waals surface area contributed by atoms with E-state index in [1.165, 1.54) is 12.8 Å². The zero-order valence-electron chi connectivity index (χ0n) is 13.4. The van der Waals surface area contributed by atoms with Crippen LogP contribution >= 0.6 is 0 Å². The maximum Gasteiger partial charge on any atom is 0.135 e. The summed E-state index contributed by atoms with van der Waals surface area (Å²) in [6, 6.07) is 7.19. The van der Waals surface area contributed by atoms with Crippen LogP contribution in [0.2, 0.25) is 0 Å². The molecule has 0 atom stereocenters. The molecule has 1 nitrogen and oxygen atoms in total. The molecule has 0 N–H and O–H groups in total. The third-order valence-corrected chi connectivity index (χ3v) is 4.29. The zero-order chi connectivity index (χ0) is 15.4. The van der Waals surface area contributed by atoms with Gasteiger partial charge in [0, 0.05) is 5.41 Å². The second-order valence-electron chi connectivity index (χ2n) is 7.05. The van der Waals surface area contributed by atoms with Crippen LogP contribution in [-0.4, -0.2) is 5.78 Å². The average Bonchev–Trinajstić information content (AvgIpc) is 2.77. The molecule has 1 aromatic carbocycles. The SMILES string of the molecule is CC(=O)C(C)(C)C.CC1(c2ccccc2F)CCCC1. The van der Waals surface area contributed by atoms with Crippen LogP contribution in [0.15, 0.2) is 24.3 Å². The minimum absolute atomic E-state index is 0.0353. The van der Waals surface area contributed by atoms with Gasteiger partial charge in [-0.2, -0.15) is 0 Å². The molecule has 0 bridgehead atoms. The number of rotatable bonds is 1. The van der Waals surface area contributed by atoms with Crippen LogP contribution in [0.5, 0.6) is 0 Å². The fraction of sp³-hybridized carbons (Fsp3) is 0.611. The Labute approximate surface area is 122 Å². The van der Waals surface area contributed by atoms with Crippen LogP contribution in [0.4, 0.5) is 4.39 Å². The molecule has 0 heterocycles. The number of carbonyl (C=O) groups excluding carboxylic acids is 1. The summed E-state index contributed by atoms with van der Waals surface area (Å²) < 4.78 is 13.5. The van der Waals surface area contributed by atoms with E-state index in [1.54, 1.807) is 19.1 Å². The lowest BCUT2D eigenvalue weighted by atomic mass is 9.81. The maximum absolute atomic E-state index is 13.5. The summed E-state index contributed by atoms with van der Waals surface area (Å²) in [5, 5.41) is 0. The standard InChI is InChI=1S/C12H15F.C6H12O/c1-12(8-4-5-9-12)10-6-2-3-7-11(10)13;1-5(7)6(2,3)4/h2-3,6-7H,4-5,8-9H2,1H3;1-4H3. The number of benzene rings is 1. The van der Waals surface area contributed by atoms with Gasteiger partial charge in [0.25, 0.3) is 0 Å². The van der Waals surface area contributed by atoms with Gasteiger partial charge in [0.05, 0.1) is 0 Å². The normalized spacial score (nSPS) is 17.3. The van der Waals surface area contributed by atoms with E-state index in [4.69, 9.17) is 0 Å². The fourth-order valence-corrected chi connectivity index (χ4v) is 2.38. The van der Waals surface area contributed by atoms with Gasteiger partial charge >= 0.3 is 0 Å². The van der Waals surface area contributed by atoms with E-state index < -0.39 is 0 Å². The predicted molar refractivity (Wildman–Crippen MR) is 82.4 cm³/mol. The summed E-state index contributed by atoms with van der Waals surface area (Å²) in [5.41, 5.74) is 0.873. The zero-order valence-corrected chi connectivity index (χ0v) is 13.4. The lowest BCUT2D eigenvalue weighted by Crippen LogP contribution is -2.18. The molecule has 20 heavy (non-hydrogen) atoms. The molecule has 1 aliphatic carbocycles. The Balaban J connectivity index is 0.000000246. The molecule has 0 aromatic heterocycles. The molecule has 0 aliphatic heterocycles. The van der Waals surface area contributed by atoms with Gasteiger partial charge in [0.1, 0.15) is 11.6 Å². The van der Waals surface area contributed by atoms with Crippen molar-refractivity contribution in [3.63, 3.8) is 0 Å². The van der Waals surface area contributed by atoms with Gasteiger partial charge in [-0.25, -0.2) is 4.39 Å². The maximum atomic E-state index is 13.5. The van der Waals surface area contributed by atoms with E-state index in [9.17, 15) is 9.18 Å². The Morgan fingerprint density at radius 3 is 2.00 bits per heavy atom. The van der Waals surface area contributed by atoms with E-state index in [0.29, 0.717) is 0 Å². The van der Waals surface area contributed by atoms with Crippen molar-refractivity contribution in [1.82, 2.24) is 0 Å². The van der Waals surface area contributed by atoms with Crippen molar-refractivity contribution in [2.24, 2.45) is 5.41 Å². The van der Waals surface area contributed by atoms with E-state index in [2.05, 4.69) is 6.92 Å². The van der Waals surface area contributed by atoms with Crippen LogP contribution in [0.1, 0.15) is 65.9 Å². The smallest absolute Gasteiger partial charge is 0.135 e. The minimum atomic E-state index is -0.139. The molecule has 2 rings (SSSR count). The van der Waals surface area contributed by atoms with Crippen molar-refractivity contribution in [2.45, 2.75) is 65.7 Å². The van der Waals surface area contributed by atoms with E-state index in [-0.39, 0.29) is 22.4 Å². The third-order valence-electron chi connectivity index (χ3n) is 4.29. The van der Waals surface area contributed by atoms with Crippen molar-refractivity contribution in [3.05, 3.63) is 35.6 Å². The lowest BCUT2D eigenvalue weighted by Gasteiger charge is -2.24. The van der Waals surface area contributed by atoms with Gasteiger partial charge in [0.2, 0.25) is 0 Å². The molecule has 0 saturated heterocycles. The second-order valence-corrected chi connectivity index (χ2v) is 7.05. The molecule has 0 radical (unpaired) electrons. The summed E-state index contributed by atoms with van der Waals surface area (Å²) in [6.07, 6.45) is 4.75. The summed E-state index contributed by atoms with van der Waals surface area (Å²) in [7, 11) is 0. The Hall–Kier alpha value is -1.18. The highest BCUT2D eigenvalue weighted by atomic mass is 19.1. The average molecular weight is 278 g/mol. The fourth-order valence-electron chi connectivity index (χ4n) is 2.38. The molecular weight excluding hydrogens is 251 g/mol. The Morgan fingerprint density at radius 2 is 1.60 bits per heavy atom. The molecule has 1 saturated carbocycles. The van der Waals surface area contributed by atoms with Gasteiger partial charge in [-0.05, 0) is 36.8 Å². The number of carbonyl (C=O) groups is 1. The molecule has 0 unspecified atom stereocenters. The van der Waals surface area contributed by atoms with E-state index in [1.807, 2.05) is 32.9 Å². The van der Waals surface area contributed by atoms with E-state index >= 15 is 0 Å². The molecule has 2 heteroatoms. The molecule has 1 aliphatic rings. The number of hydrogen-bond acceptors (Lipinski definition) is 1. The molecule has 1 fully saturated rings. The number of Topliss-reactive ketones (excluding diaryl/α,β-unsaturated/α-hetero) is 1. The Bertz CT molecular complexity index is 451. The lowest BCUT2D eigenvalue weighted by molar-refractivity contribution is -0.124. The highest BCUT2D eigenvalue weighted by molar-refractivity contribution is 5.80.